The van der Waals surface area contributed by atoms with E-state index >= 15 is 0 Å². The van der Waals surface area contributed by atoms with Crippen molar-refractivity contribution in [3.05, 3.63) is 59.3 Å². The molecule has 0 spiro atoms. The van der Waals surface area contributed by atoms with Crippen LogP contribution in [0.3, 0.4) is 0 Å². The molecule has 0 saturated carbocycles. The fraction of sp³-hybridized carbons (Fsp3) is 0.368. The van der Waals surface area contributed by atoms with Crippen molar-refractivity contribution in [2.24, 2.45) is 0 Å². The minimum Gasteiger partial charge on any atom is -0.363 e. The van der Waals surface area contributed by atoms with Gasteiger partial charge in [-0.1, -0.05) is 29.8 Å². The van der Waals surface area contributed by atoms with Gasteiger partial charge in [-0.25, -0.2) is 9.78 Å². The molecule has 0 aliphatic rings. The summed E-state index contributed by atoms with van der Waals surface area (Å²) < 4.78 is 0. The second-order valence-electron chi connectivity index (χ2n) is 6.08. The lowest BCUT2D eigenvalue weighted by Crippen LogP contribution is -2.39. The molecule has 0 atom stereocenters. The van der Waals surface area contributed by atoms with E-state index in [9.17, 15) is 4.79 Å². The van der Waals surface area contributed by atoms with Gasteiger partial charge in [0.1, 0.15) is 5.82 Å². The highest BCUT2D eigenvalue weighted by molar-refractivity contribution is 5.74. The van der Waals surface area contributed by atoms with E-state index in [0.29, 0.717) is 19.6 Å². The zero-order chi connectivity index (χ0) is 17.5. The molecule has 5 heteroatoms. The Morgan fingerprint density at radius 1 is 1.17 bits per heavy atom. The Hall–Kier alpha value is -2.56. The fourth-order valence-electron chi connectivity index (χ4n) is 2.46. The predicted molar refractivity (Wildman–Crippen MR) is 98.1 cm³/mol. The smallest absolute Gasteiger partial charge is 0.317 e. The van der Waals surface area contributed by atoms with E-state index in [1.165, 1.54) is 5.56 Å². The molecule has 0 fully saturated rings. The van der Waals surface area contributed by atoms with Crippen molar-refractivity contribution in [1.29, 1.82) is 0 Å². The Morgan fingerprint density at radius 3 is 2.62 bits per heavy atom. The summed E-state index contributed by atoms with van der Waals surface area (Å²) >= 11 is 0. The number of nitrogens with zero attached hydrogens (tertiary/aromatic N) is 3. The van der Waals surface area contributed by atoms with E-state index in [-0.39, 0.29) is 6.03 Å². The molecule has 2 rings (SSSR count). The number of carbonyl (C=O) groups excluding carboxylic acids is 1. The first-order valence-corrected chi connectivity index (χ1v) is 8.20. The van der Waals surface area contributed by atoms with E-state index in [2.05, 4.69) is 35.4 Å². The van der Waals surface area contributed by atoms with Gasteiger partial charge in [0.05, 0.1) is 0 Å². The highest BCUT2D eigenvalue weighted by atomic mass is 16.2. The van der Waals surface area contributed by atoms with Gasteiger partial charge in [0, 0.05) is 39.9 Å². The SMILES string of the molecule is CCN(Cc1cccc(C)c1)C(=O)NCc1ccnc(N(C)C)c1. The lowest BCUT2D eigenvalue weighted by Gasteiger charge is -2.22. The third-order valence-electron chi connectivity index (χ3n) is 3.84. The quantitative estimate of drug-likeness (QED) is 0.887. The number of aryl methyl sites for hydroxylation is 1. The zero-order valence-corrected chi connectivity index (χ0v) is 14.9. The molecular formula is C19H26N4O. The fourth-order valence-corrected chi connectivity index (χ4v) is 2.46. The van der Waals surface area contributed by atoms with Crippen LogP contribution in [0.1, 0.15) is 23.6 Å². The number of hydrogen-bond acceptors (Lipinski definition) is 3. The standard InChI is InChI=1S/C19H26N4O/c1-5-23(14-17-8-6-7-15(2)11-17)19(24)21-13-16-9-10-20-18(12-16)22(3)4/h6-12H,5,13-14H2,1-4H3,(H,21,24). The number of carbonyl (C=O) groups is 1. The van der Waals surface area contributed by atoms with E-state index in [1.54, 1.807) is 6.20 Å². The molecule has 1 heterocycles. The van der Waals surface area contributed by atoms with E-state index < -0.39 is 0 Å². The third-order valence-corrected chi connectivity index (χ3v) is 3.84. The summed E-state index contributed by atoms with van der Waals surface area (Å²) in [5.74, 6) is 0.883. The number of anilines is 1. The first-order valence-electron chi connectivity index (χ1n) is 8.20. The third kappa shape index (κ3) is 4.98. The molecule has 0 radical (unpaired) electrons. The summed E-state index contributed by atoms with van der Waals surface area (Å²) in [6.07, 6.45) is 1.77. The molecule has 0 unspecified atom stereocenters. The first-order chi connectivity index (χ1) is 11.5. The van der Waals surface area contributed by atoms with Gasteiger partial charge in [-0.3, -0.25) is 0 Å². The molecule has 2 amide bonds. The summed E-state index contributed by atoms with van der Waals surface area (Å²) in [4.78, 5) is 20.5. The second-order valence-corrected chi connectivity index (χ2v) is 6.08. The van der Waals surface area contributed by atoms with Crippen LogP contribution in [0.5, 0.6) is 0 Å². The van der Waals surface area contributed by atoms with E-state index in [4.69, 9.17) is 0 Å². The van der Waals surface area contributed by atoms with Crippen LogP contribution in [0, 0.1) is 6.92 Å². The molecule has 1 aromatic heterocycles. The zero-order valence-electron chi connectivity index (χ0n) is 14.9. The van der Waals surface area contributed by atoms with Gasteiger partial charge in [0.25, 0.3) is 0 Å². The van der Waals surface area contributed by atoms with Gasteiger partial charge in [-0.2, -0.15) is 0 Å². The van der Waals surface area contributed by atoms with Crippen LogP contribution in [-0.2, 0) is 13.1 Å². The molecule has 5 nitrogen and oxygen atoms in total. The highest BCUT2D eigenvalue weighted by Crippen LogP contribution is 2.10. The van der Waals surface area contributed by atoms with Gasteiger partial charge in [-0.15, -0.1) is 0 Å². The van der Waals surface area contributed by atoms with Crippen molar-refractivity contribution < 1.29 is 4.79 Å². The summed E-state index contributed by atoms with van der Waals surface area (Å²) in [7, 11) is 3.90. The van der Waals surface area contributed by atoms with Gasteiger partial charge >= 0.3 is 6.03 Å². The Labute approximate surface area is 144 Å². The molecule has 0 saturated heterocycles. The van der Waals surface area contributed by atoms with Gasteiger partial charge in [0.2, 0.25) is 0 Å². The van der Waals surface area contributed by atoms with Crippen LogP contribution >= 0.6 is 0 Å². The number of benzene rings is 1. The lowest BCUT2D eigenvalue weighted by molar-refractivity contribution is 0.197. The maximum absolute atomic E-state index is 12.4. The van der Waals surface area contributed by atoms with Crippen molar-refractivity contribution in [3.63, 3.8) is 0 Å². The normalized spacial score (nSPS) is 10.3. The first kappa shape index (κ1) is 17.8. The van der Waals surface area contributed by atoms with Crippen LogP contribution in [0.2, 0.25) is 0 Å². The maximum atomic E-state index is 12.4. The monoisotopic (exact) mass is 326 g/mol. The van der Waals surface area contributed by atoms with Crippen LogP contribution in [0.15, 0.2) is 42.6 Å². The van der Waals surface area contributed by atoms with Crippen molar-refractivity contribution in [1.82, 2.24) is 15.2 Å². The van der Waals surface area contributed by atoms with Gasteiger partial charge < -0.3 is 15.1 Å². The average molecular weight is 326 g/mol. The lowest BCUT2D eigenvalue weighted by atomic mass is 10.1. The topological polar surface area (TPSA) is 48.5 Å². The Kier molecular flexibility index (Phi) is 6.18. The number of pyridine rings is 1. The summed E-state index contributed by atoms with van der Waals surface area (Å²) in [5.41, 5.74) is 3.39. The Bertz CT molecular complexity index is 685. The summed E-state index contributed by atoms with van der Waals surface area (Å²) in [5, 5.41) is 2.99. The van der Waals surface area contributed by atoms with Crippen LogP contribution in [0.25, 0.3) is 0 Å². The van der Waals surface area contributed by atoms with Crippen LogP contribution in [0.4, 0.5) is 10.6 Å². The van der Waals surface area contributed by atoms with Crippen molar-refractivity contribution in [3.8, 4) is 0 Å². The largest absolute Gasteiger partial charge is 0.363 e. The molecular weight excluding hydrogens is 300 g/mol. The number of urea groups is 1. The van der Waals surface area contributed by atoms with Gasteiger partial charge in [0.15, 0.2) is 0 Å². The minimum atomic E-state index is -0.0535. The number of amides is 2. The van der Waals surface area contributed by atoms with Crippen molar-refractivity contribution in [2.45, 2.75) is 26.9 Å². The molecule has 1 aromatic carbocycles. The molecule has 2 aromatic rings. The van der Waals surface area contributed by atoms with E-state index in [0.717, 1.165) is 16.9 Å². The highest BCUT2D eigenvalue weighted by Gasteiger charge is 2.12. The maximum Gasteiger partial charge on any atom is 0.317 e. The van der Waals surface area contributed by atoms with Crippen LogP contribution in [-0.4, -0.2) is 36.6 Å². The molecule has 128 valence electrons. The van der Waals surface area contributed by atoms with Crippen molar-refractivity contribution >= 4 is 11.8 Å². The second kappa shape index (κ2) is 8.34. The Morgan fingerprint density at radius 2 is 1.96 bits per heavy atom. The van der Waals surface area contributed by atoms with E-state index in [1.807, 2.05) is 49.0 Å². The average Bonchev–Trinajstić information content (AvgIpc) is 2.58. The van der Waals surface area contributed by atoms with Crippen LogP contribution < -0.4 is 10.2 Å². The molecule has 1 N–H and O–H groups in total. The number of aromatic nitrogens is 1. The number of nitrogens with one attached hydrogen (secondary N) is 1. The summed E-state index contributed by atoms with van der Waals surface area (Å²) in [6, 6.07) is 12.1. The molecule has 0 aliphatic carbocycles. The van der Waals surface area contributed by atoms with Gasteiger partial charge in [-0.05, 0) is 37.1 Å². The molecule has 0 bridgehead atoms. The summed E-state index contributed by atoms with van der Waals surface area (Å²) in [6.45, 7) is 5.83. The number of rotatable bonds is 6. The van der Waals surface area contributed by atoms with Crippen molar-refractivity contribution in [2.75, 3.05) is 25.5 Å². The predicted octanol–water partition coefficient (Wildman–Crippen LogP) is 3.19. The molecule has 24 heavy (non-hydrogen) atoms. The minimum absolute atomic E-state index is 0.0535. The Balaban J connectivity index is 1.95. The molecule has 0 aliphatic heterocycles. The number of hydrogen-bond donors (Lipinski definition) is 1.